The van der Waals surface area contributed by atoms with Gasteiger partial charge in [0.15, 0.2) is 0 Å². The first-order valence-corrected chi connectivity index (χ1v) is 10.4. The minimum absolute atomic E-state index is 0.0620. The summed E-state index contributed by atoms with van der Waals surface area (Å²) in [4.78, 5) is 16.7. The molecule has 6 nitrogen and oxygen atoms in total. The van der Waals surface area contributed by atoms with Gasteiger partial charge in [-0.3, -0.25) is 4.79 Å². The summed E-state index contributed by atoms with van der Waals surface area (Å²) in [5, 5.41) is 12.5. The first kappa shape index (κ1) is 20.1. The molecule has 3 aromatic rings. The maximum atomic E-state index is 12.5. The van der Waals surface area contributed by atoms with Crippen LogP contribution in [0.5, 0.6) is 0 Å². The fraction of sp³-hybridized carbons (Fsp3) is 0.333. The molecule has 0 saturated carbocycles. The second-order valence-electron chi connectivity index (χ2n) is 7.02. The predicted molar refractivity (Wildman–Crippen MR) is 112 cm³/mol. The number of nitrogens with zero attached hydrogens (tertiary/aromatic N) is 5. The number of carbonyl (C=O) groups is 1. The molecule has 0 aliphatic rings. The van der Waals surface area contributed by atoms with Crippen LogP contribution in [0.3, 0.4) is 0 Å². The van der Waals surface area contributed by atoms with E-state index in [0.29, 0.717) is 18.3 Å². The van der Waals surface area contributed by atoms with E-state index in [1.54, 1.807) is 23.7 Å². The van der Waals surface area contributed by atoms with Crippen molar-refractivity contribution in [3.8, 4) is 11.4 Å². The molecule has 0 N–H and O–H groups in total. The molecule has 7 heteroatoms. The highest BCUT2D eigenvalue weighted by atomic mass is 32.2. The number of rotatable bonds is 7. The molecule has 0 bridgehead atoms. The zero-order valence-electron chi connectivity index (χ0n) is 16.7. The number of hydrogen-bond donors (Lipinski definition) is 0. The fourth-order valence-electron chi connectivity index (χ4n) is 2.78. The maximum absolute atomic E-state index is 12.5. The Morgan fingerprint density at radius 3 is 2.39 bits per heavy atom. The Balaban J connectivity index is 1.61. The largest absolute Gasteiger partial charge is 0.340 e. The Hall–Kier alpha value is -2.67. The van der Waals surface area contributed by atoms with Crippen molar-refractivity contribution in [3.05, 3.63) is 59.7 Å². The van der Waals surface area contributed by atoms with Crippen molar-refractivity contribution in [2.45, 2.75) is 37.8 Å². The number of thioether (sulfide) groups is 1. The van der Waals surface area contributed by atoms with E-state index in [9.17, 15) is 4.79 Å². The standard InChI is InChI=1S/C21H25N5OS/c1-15(2)17-7-9-18(10-8-17)21-22-24-26(23-21)14-20(27)25(3)13-16-5-11-19(28-4)12-6-16/h5-12,15H,13-14H2,1-4H3. The zero-order valence-corrected chi connectivity index (χ0v) is 17.5. The Morgan fingerprint density at radius 1 is 1.11 bits per heavy atom. The van der Waals surface area contributed by atoms with Crippen molar-refractivity contribution in [2.75, 3.05) is 13.3 Å². The highest BCUT2D eigenvalue weighted by Crippen LogP contribution is 2.19. The van der Waals surface area contributed by atoms with E-state index < -0.39 is 0 Å². The van der Waals surface area contributed by atoms with Crippen LogP contribution in [0.1, 0.15) is 30.9 Å². The van der Waals surface area contributed by atoms with Crippen LogP contribution < -0.4 is 0 Å². The molecule has 0 fully saturated rings. The molecule has 0 saturated heterocycles. The molecule has 28 heavy (non-hydrogen) atoms. The second-order valence-corrected chi connectivity index (χ2v) is 7.90. The van der Waals surface area contributed by atoms with Gasteiger partial charge in [-0.1, -0.05) is 50.2 Å². The van der Waals surface area contributed by atoms with E-state index in [1.807, 2.05) is 30.5 Å². The van der Waals surface area contributed by atoms with Gasteiger partial charge < -0.3 is 4.90 Å². The highest BCUT2D eigenvalue weighted by molar-refractivity contribution is 7.98. The van der Waals surface area contributed by atoms with Crippen molar-refractivity contribution < 1.29 is 4.79 Å². The highest BCUT2D eigenvalue weighted by Gasteiger charge is 2.13. The van der Waals surface area contributed by atoms with Gasteiger partial charge in [-0.05, 0) is 40.6 Å². The van der Waals surface area contributed by atoms with E-state index in [0.717, 1.165) is 11.1 Å². The number of likely N-dealkylation sites (N-methyl/N-ethyl adjacent to an activating group) is 1. The summed E-state index contributed by atoms with van der Waals surface area (Å²) < 4.78 is 0. The molecule has 0 radical (unpaired) electrons. The third-order valence-electron chi connectivity index (χ3n) is 4.57. The van der Waals surface area contributed by atoms with Crippen LogP contribution in [0.15, 0.2) is 53.4 Å². The van der Waals surface area contributed by atoms with Crippen LogP contribution in [-0.2, 0) is 17.9 Å². The molecular formula is C21H25N5OS. The third kappa shape index (κ3) is 4.98. The second kappa shape index (κ2) is 9.01. The van der Waals surface area contributed by atoms with E-state index in [4.69, 9.17) is 0 Å². The summed E-state index contributed by atoms with van der Waals surface area (Å²) in [7, 11) is 1.79. The van der Waals surface area contributed by atoms with Crippen molar-refractivity contribution in [2.24, 2.45) is 0 Å². The number of tetrazole rings is 1. The van der Waals surface area contributed by atoms with Gasteiger partial charge in [0.25, 0.3) is 0 Å². The van der Waals surface area contributed by atoms with Crippen LogP contribution >= 0.6 is 11.8 Å². The molecule has 0 spiro atoms. The van der Waals surface area contributed by atoms with E-state index in [-0.39, 0.29) is 12.5 Å². The smallest absolute Gasteiger partial charge is 0.246 e. The quantitative estimate of drug-likeness (QED) is 0.569. The van der Waals surface area contributed by atoms with Crippen LogP contribution in [0, 0.1) is 0 Å². The lowest BCUT2D eigenvalue weighted by atomic mass is 10.0. The first-order valence-electron chi connectivity index (χ1n) is 9.21. The average Bonchev–Trinajstić information content (AvgIpc) is 3.17. The summed E-state index contributed by atoms with van der Waals surface area (Å²) in [6.07, 6.45) is 2.04. The zero-order chi connectivity index (χ0) is 20.1. The van der Waals surface area contributed by atoms with Gasteiger partial charge in [0.1, 0.15) is 6.54 Å². The van der Waals surface area contributed by atoms with Gasteiger partial charge in [-0.2, -0.15) is 4.80 Å². The summed E-state index contributed by atoms with van der Waals surface area (Å²) >= 11 is 1.70. The summed E-state index contributed by atoms with van der Waals surface area (Å²) in [6, 6.07) is 16.3. The van der Waals surface area contributed by atoms with E-state index in [1.165, 1.54) is 15.3 Å². The SMILES string of the molecule is CSc1ccc(CN(C)C(=O)Cn2nnc(-c3ccc(C(C)C)cc3)n2)cc1. The van der Waals surface area contributed by atoms with Crippen LogP contribution in [0.4, 0.5) is 0 Å². The van der Waals surface area contributed by atoms with Crippen LogP contribution in [-0.4, -0.2) is 44.3 Å². The number of carbonyl (C=O) groups excluding carboxylic acids is 1. The normalized spacial score (nSPS) is 11.0. The maximum Gasteiger partial charge on any atom is 0.246 e. The number of hydrogen-bond acceptors (Lipinski definition) is 5. The van der Waals surface area contributed by atoms with Gasteiger partial charge >= 0.3 is 0 Å². The molecule has 0 atom stereocenters. The molecule has 1 aromatic heterocycles. The van der Waals surface area contributed by atoms with Gasteiger partial charge in [0.05, 0.1) is 0 Å². The minimum atomic E-state index is -0.0620. The topological polar surface area (TPSA) is 63.9 Å². The molecular weight excluding hydrogens is 370 g/mol. The Kier molecular flexibility index (Phi) is 6.46. The van der Waals surface area contributed by atoms with Crippen molar-refractivity contribution in [1.29, 1.82) is 0 Å². The van der Waals surface area contributed by atoms with E-state index >= 15 is 0 Å². The number of amides is 1. The number of aromatic nitrogens is 4. The molecule has 146 valence electrons. The fourth-order valence-corrected chi connectivity index (χ4v) is 3.19. The lowest BCUT2D eigenvalue weighted by Crippen LogP contribution is -2.30. The molecule has 2 aromatic carbocycles. The monoisotopic (exact) mass is 395 g/mol. The third-order valence-corrected chi connectivity index (χ3v) is 5.31. The average molecular weight is 396 g/mol. The van der Waals surface area contributed by atoms with Crippen molar-refractivity contribution in [1.82, 2.24) is 25.1 Å². The Morgan fingerprint density at radius 2 is 1.79 bits per heavy atom. The van der Waals surface area contributed by atoms with Gasteiger partial charge in [-0.25, -0.2) is 0 Å². The van der Waals surface area contributed by atoms with Crippen molar-refractivity contribution in [3.63, 3.8) is 0 Å². The van der Waals surface area contributed by atoms with Gasteiger partial charge in [0, 0.05) is 24.1 Å². The first-order chi connectivity index (χ1) is 13.5. The summed E-state index contributed by atoms with van der Waals surface area (Å²) in [6.45, 7) is 4.92. The summed E-state index contributed by atoms with van der Waals surface area (Å²) in [5.41, 5.74) is 3.25. The molecule has 0 aliphatic heterocycles. The van der Waals surface area contributed by atoms with Crippen LogP contribution in [0.2, 0.25) is 0 Å². The Bertz CT molecular complexity index is 919. The Labute approximate surface area is 169 Å². The summed E-state index contributed by atoms with van der Waals surface area (Å²) in [5.74, 6) is 0.939. The lowest BCUT2D eigenvalue weighted by Gasteiger charge is -2.16. The molecule has 0 aliphatic carbocycles. The van der Waals surface area contributed by atoms with Crippen LogP contribution in [0.25, 0.3) is 11.4 Å². The van der Waals surface area contributed by atoms with E-state index in [2.05, 4.69) is 53.5 Å². The molecule has 0 unspecified atom stereocenters. The predicted octanol–water partition coefficient (Wildman–Crippen LogP) is 3.84. The van der Waals surface area contributed by atoms with Crippen molar-refractivity contribution >= 4 is 17.7 Å². The number of benzene rings is 2. The molecule has 3 rings (SSSR count). The lowest BCUT2D eigenvalue weighted by molar-refractivity contribution is -0.131. The molecule has 1 heterocycles. The minimum Gasteiger partial charge on any atom is -0.340 e. The van der Waals surface area contributed by atoms with Gasteiger partial charge in [-0.15, -0.1) is 22.0 Å². The van der Waals surface area contributed by atoms with Gasteiger partial charge in [0.2, 0.25) is 11.7 Å². The molecule has 1 amide bonds.